The molecular formula is C66H50N4. The molecule has 0 amide bonds. The molecular weight excluding hydrogens is 849 g/mol. The van der Waals surface area contributed by atoms with Crippen molar-refractivity contribution in [2.24, 2.45) is 0 Å². The lowest BCUT2D eigenvalue weighted by molar-refractivity contribution is 0.584. The molecule has 2 aliphatic rings. The van der Waals surface area contributed by atoms with E-state index in [4.69, 9.17) is 0 Å². The number of para-hydroxylation sites is 2. The standard InChI is InChI=1S/C66H50N4/c1-39-41(3)61-64-52(38-56-54-36-48(44-23-27-46(28-24-44)58-20-12-14-34-68-58)30-32-60(54)69(65(56)61)49-15-7-5-8-16-49)40(2)42(4)62-63(64)51(39)37-55-53-35-47(43-21-25-45(26-22-43)57-19-11-13-33-67-57)29-31-59(53)70(66(55)62)50-17-9-6-10-18-50/h5-42H,1-4H3. The summed E-state index contributed by atoms with van der Waals surface area (Å²) in [5.74, 6) is 1.07. The second kappa shape index (κ2) is 15.6. The molecule has 0 bridgehead atoms. The predicted molar refractivity (Wildman–Crippen MR) is 292 cm³/mol. The Morgan fingerprint density at radius 2 is 0.700 bits per heavy atom. The van der Waals surface area contributed by atoms with Crippen LogP contribution in [0, 0.1) is 0 Å². The number of rotatable bonds is 6. The number of nitrogens with zero attached hydrogens (tertiary/aromatic N) is 4. The van der Waals surface area contributed by atoms with Crippen molar-refractivity contribution in [2.45, 2.75) is 51.4 Å². The average Bonchev–Trinajstić information content (AvgIpc) is 3.93. The molecule has 4 heteroatoms. The topological polar surface area (TPSA) is 35.6 Å². The van der Waals surface area contributed by atoms with E-state index in [1.807, 2.05) is 36.7 Å². The molecule has 2 aliphatic carbocycles. The van der Waals surface area contributed by atoms with Crippen LogP contribution >= 0.6 is 0 Å². The minimum atomic E-state index is 0.261. The van der Waals surface area contributed by atoms with Crippen molar-refractivity contribution in [1.29, 1.82) is 0 Å². The van der Waals surface area contributed by atoms with Crippen LogP contribution < -0.4 is 0 Å². The van der Waals surface area contributed by atoms with Crippen LogP contribution in [0.4, 0.5) is 0 Å². The number of fused-ring (bicyclic) bond motifs is 8. The van der Waals surface area contributed by atoms with E-state index in [2.05, 4.69) is 217 Å². The lowest BCUT2D eigenvalue weighted by Gasteiger charge is -2.42. The highest BCUT2D eigenvalue weighted by atomic mass is 15.0. The van der Waals surface area contributed by atoms with Crippen LogP contribution in [-0.4, -0.2) is 19.1 Å². The monoisotopic (exact) mass is 898 g/mol. The summed E-state index contributed by atoms with van der Waals surface area (Å²) in [4.78, 5) is 9.22. The van der Waals surface area contributed by atoms with Gasteiger partial charge >= 0.3 is 0 Å². The Morgan fingerprint density at radius 1 is 0.329 bits per heavy atom. The van der Waals surface area contributed by atoms with Crippen molar-refractivity contribution in [3.8, 4) is 67.3 Å². The Morgan fingerprint density at radius 3 is 1.09 bits per heavy atom. The van der Waals surface area contributed by atoms with E-state index in [-0.39, 0.29) is 23.7 Å². The van der Waals surface area contributed by atoms with Crippen LogP contribution in [0.25, 0.3) is 111 Å². The summed E-state index contributed by atoms with van der Waals surface area (Å²) in [5, 5.41) is 5.26. The van der Waals surface area contributed by atoms with Crippen LogP contribution in [0.1, 0.15) is 73.6 Å². The summed E-state index contributed by atoms with van der Waals surface area (Å²) < 4.78 is 5.16. The van der Waals surface area contributed by atoms with Crippen molar-refractivity contribution >= 4 is 43.6 Å². The molecule has 8 aromatic carbocycles. The molecule has 0 N–H and O–H groups in total. The Balaban J connectivity index is 1.02. The van der Waals surface area contributed by atoms with Gasteiger partial charge in [-0.1, -0.05) is 137 Å². The molecule has 4 unspecified atom stereocenters. The molecule has 12 aromatic rings. The number of aromatic nitrogens is 4. The summed E-state index contributed by atoms with van der Waals surface area (Å²) in [6.07, 6.45) is 3.72. The highest BCUT2D eigenvalue weighted by Crippen LogP contribution is 2.61. The third kappa shape index (κ3) is 5.96. The highest BCUT2D eigenvalue weighted by molar-refractivity contribution is 6.17. The van der Waals surface area contributed by atoms with Gasteiger partial charge in [0.1, 0.15) is 0 Å². The highest BCUT2D eigenvalue weighted by Gasteiger charge is 2.42. The first-order chi connectivity index (χ1) is 34.4. The zero-order valence-corrected chi connectivity index (χ0v) is 39.7. The predicted octanol–water partition coefficient (Wildman–Crippen LogP) is 17.4. The Hall–Kier alpha value is -8.34. The number of benzene rings is 8. The van der Waals surface area contributed by atoms with E-state index in [0.717, 1.165) is 22.5 Å². The lowest BCUT2D eigenvalue weighted by Crippen LogP contribution is -2.24. The molecule has 4 aromatic heterocycles. The zero-order valence-electron chi connectivity index (χ0n) is 39.7. The molecule has 0 saturated heterocycles. The van der Waals surface area contributed by atoms with Gasteiger partial charge in [-0.3, -0.25) is 9.97 Å². The van der Waals surface area contributed by atoms with Crippen molar-refractivity contribution in [3.05, 3.63) is 229 Å². The zero-order chi connectivity index (χ0) is 46.8. The second-order valence-corrected chi connectivity index (χ2v) is 19.8. The van der Waals surface area contributed by atoms with Crippen LogP contribution in [0.5, 0.6) is 0 Å². The van der Waals surface area contributed by atoms with E-state index in [9.17, 15) is 0 Å². The second-order valence-electron chi connectivity index (χ2n) is 19.8. The summed E-state index contributed by atoms with van der Waals surface area (Å²) in [5.41, 5.74) is 25.4. The van der Waals surface area contributed by atoms with Gasteiger partial charge in [0.25, 0.3) is 0 Å². The first-order valence-electron chi connectivity index (χ1n) is 24.9. The molecule has 0 fully saturated rings. The molecule has 4 nitrogen and oxygen atoms in total. The van der Waals surface area contributed by atoms with Gasteiger partial charge in [0, 0.05) is 56.4 Å². The van der Waals surface area contributed by atoms with Crippen LogP contribution in [-0.2, 0) is 0 Å². The fourth-order valence-electron chi connectivity index (χ4n) is 12.4. The normalized spacial score (nSPS) is 17.1. The molecule has 0 aliphatic heterocycles. The van der Waals surface area contributed by atoms with E-state index in [1.165, 1.54) is 111 Å². The number of hydrogen-bond donors (Lipinski definition) is 0. The van der Waals surface area contributed by atoms with Crippen LogP contribution in [0.2, 0.25) is 0 Å². The first kappa shape index (κ1) is 40.7. The summed E-state index contributed by atoms with van der Waals surface area (Å²) in [6.45, 7) is 9.97. The maximum Gasteiger partial charge on any atom is 0.0701 e. The summed E-state index contributed by atoms with van der Waals surface area (Å²) in [7, 11) is 0. The first-order valence-corrected chi connectivity index (χ1v) is 24.9. The molecule has 0 radical (unpaired) electrons. The maximum atomic E-state index is 4.61. The Labute approximate surface area is 408 Å². The SMILES string of the molecule is CC1c2cc3c4cc(-c5ccc(-c6ccccn6)cc5)ccc4n(-c4ccccc4)c3c3c2-c2c(cc4c5cc(-c6ccc(-c7ccccn7)cc6)ccc5n(-c5ccccc5)c4c2C1C)C(C)C3C. The van der Waals surface area contributed by atoms with Gasteiger partial charge in [0.2, 0.25) is 0 Å². The molecule has 334 valence electrons. The fourth-order valence-corrected chi connectivity index (χ4v) is 12.4. The Kier molecular flexibility index (Phi) is 9.07. The summed E-state index contributed by atoms with van der Waals surface area (Å²) in [6, 6.07) is 71.5. The van der Waals surface area contributed by atoms with E-state index in [1.54, 1.807) is 0 Å². The molecule has 0 saturated carbocycles. The van der Waals surface area contributed by atoms with E-state index in [0.29, 0.717) is 0 Å². The van der Waals surface area contributed by atoms with Crippen molar-refractivity contribution in [3.63, 3.8) is 0 Å². The molecule has 4 heterocycles. The van der Waals surface area contributed by atoms with Crippen molar-refractivity contribution < 1.29 is 0 Å². The molecule has 70 heavy (non-hydrogen) atoms. The van der Waals surface area contributed by atoms with E-state index >= 15 is 0 Å². The third-order valence-electron chi connectivity index (χ3n) is 16.3. The number of pyridine rings is 2. The van der Waals surface area contributed by atoms with Crippen molar-refractivity contribution in [1.82, 2.24) is 19.1 Å². The van der Waals surface area contributed by atoms with Gasteiger partial charge in [-0.2, -0.15) is 0 Å². The van der Waals surface area contributed by atoms with Gasteiger partial charge < -0.3 is 9.13 Å². The quantitative estimate of drug-likeness (QED) is 0.167. The third-order valence-corrected chi connectivity index (χ3v) is 16.3. The number of hydrogen-bond acceptors (Lipinski definition) is 2. The van der Waals surface area contributed by atoms with Gasteiger partial charge in [0.15, 0.2) is 0 Å². The van der Waals surface area contributed by atoms with Gasteiger partial charge in [-0.05, 0) is 164 Å². The smallest absolute Gasteiger partial charge is 0.0701 e. The Bertz CT molecular complexity index is 3750. The molecule has 14 rings (SSSR count). The minimum Gasteiger partial charge on any atom is -0.309 e. The van der Waals surface area contributed by atoms with Crippen LogP contribution in [0.15, 0.2) is 207 Å². The average molecular weight is 899 g/mol. The lowest BCUT2D eigenvalue weighted by atomic mass is 9.62. The van der Waals surface area contributed by atoms with Gasteiger partial charge in [0.05, 0.1) is 33.5 Å². The van der Waals surface area contributed by atoms with Gasteiger partial charge in [-0.25, -0.2) is 0 Å². The molecule has 4 atom stereocenters. The largest absolute Gasteiger partial charge is 0.309 e. The minimum absolute atomic E-state index is 0.261. The summed E-state index contributed by atoms with van der Waals surface area (Å²) >= 11 is 0. The van der Waals surface area contributed by atoms with Gasteiger partial charge in [-0.15, -0.1) is 0 Å². The fraction of sp³-hybridized carbons (Fsp3) is 0.121. The van der Waals surface area contributed by atoms with Crippen LogP contribution in [0.3, 0.4) is 0 Å². The van der Waals surface area contributed by atoms with E-state index < -0.39 is 0 Å². The molecule has 0 spiro atoms. The van der Waals surface area contributed by atoms with Crippen molar-refractivity contribution in [2.75, 3.05) is 0 Å². The maximum absolute atomic E-state index is 4.61.